The molecule has 0 bridgehead atoms. The molecule has 0 fully saturated rings. The first-order valence-corrected chi connectivity index (χ1v) is 6.78. The van der Waals surface area contributed by atoms with Gasteiger partial charge in [-0.3, -0.25) is 0 Å². The summed E-state index contributed by atoms with van der Waals surface area (Å²) in [7, 11) is -1.39. The van der Waals surface area contributed by atoms with Crippen LogP contribution < -0.4 is 0 Å². The topological polar surface area (TPSA) is 42.3 Å². The summed E-state index contributed by atoms with van der Waals surface area (Å²) in [6.07, 6.45) is 3.11. The molecular formula is C13H11ClN2OS. The molecule has 1 unspecified atom stereocenters. The summed E-state index contributed by atoms with van der Waals surface area (Å²) in [5.74, 6) is 0. The second-order valence-corrected chi connectivity index (χ2v) is 5.28. The summed E-state index contributed by atoms with van der Waals surface area (Å²) in [5.41, 5.74) is 1.89. The SMILES string of the molecule is Cc1ccc(S(=O)/N=C/c2ccc(Cl)nc2)cc1. The third-order valence-corrected chi connectivity index (χ3v) is 3.47. The van der Waals surface area contributed by atoms with Crippen molar-refractivity contribution in [2.45, 2.75) is 11.8 Å². The molecular weight excluding hydrogens is 268 g/mol. The predicted molar refractivity (Wildman–Crippen MR) is 74.4 cm³/mol. The van der Waals surface area contributed by atoms with Gasteiger partial charge in [-0.15, -0.1) is 0 Å². The van der Waals surface area contributed by atoms with Crippen molar-refractivity contribution in [1.82, 2.24) is 4.98 Å². The first-order valence-electron chi connectivity index (χ1n) is 5.29. The van der Waals surface area contributed by atoms with Crippen LogP contribution in [0.4, 0.5) is 0 Å². The second kappa shape index (κ2) is 5.89. The molecule has 0 saturated carbocycles. The zero-order valence-corrected chi connectivity index (χ0v) is 11.3. The Hall–Kier alpha value is -1.52. The standard InChI is InChI=1S/C13H11ClN2OS/c1-10-2-5-12(6-3-10)18(17)16-9-11-4-7-13(14)15-8-11/h2-9H,1H3/b16-9+. The van der Waals surface area contributed by atoms with Gasteiger partial charge in [0.2, 0.25) is 0 Å². The van der Waals surface area contributed by atoms with Crippen molar-refractivity contribution in [3.63, 3.8) is 0 Å². The Labute approximate surface area is 113 Å². The van der Waals surface area contributed by atoms with Gasteiger partial charge in [0.15, 0.2) is 11.0 Å². The Balaban J connectivity index is 2.11. The molecule has 2 aromatic rings. The highest BCUT2D eigenvalue weighted by Crippen LogP contribution is 2.09. The van der Waals surface area contributed by atoms with Gasteiger partial charge in [0.25, 0.3) is 0 Å². The van der Waals surface area contributed by atoms with Crippen LogP contribution in [0.3, 0.4) is 0 Å². The maximum atomic E-state index is 11.9. The normalized spacial score (nSPS) is 12.8. The van der Waals surface area contributed by atoms with E-state index in [4.69, 9.17) is 11.6 Å². The van der Waals surface area contributed by atoms with Gasteiger partial charge in [-0.2, -0.15) is 4.40 Å². The molecule has 1 atom stereocenters. The number of aryl methyl sites for hydroxylation is 1. The van der Waals surface area contributed by atoms with Crippen LogP contribution in [-0.2, 0) is 11.0 Å². The summed E-state index contributed by atoms with van der Waals surface area (Å²) in [5, 5.41) is 0.423. The quantitative estimate of drug-likeness (QED) is 0.639. The fraction of sp³-hybridized carbons (Fsp3) is 0.0769. The largest absolute Gasteiger partial charge is 0.244 e. The zero-order chi connectivity index (χ0) is 13.0. The molecule has 1 aromatic heterocycles. The van der Waals surface area contributed by atoms with E-state index in [0.29, 0.717) is 10.0 Å². The molecule has 92 valence electrons. The van der Waals surface area contributed by atoms with Gasteiger partial charge in [-0.25, -0.2) is 9.19 Å². The molecule has 1 aromatic carbocycles. The van der Waals surface area contributed by atoms with E-state index in [2.05, 4.69) is 9.38 Å². The van der Waals surface area contributed by atoms with Crippen LogP contribution >= 0.6 is 11.6 Å². The Kier molecular flexibility index (Phi) is 4.23. The molecule has 3 nitrogen and oxygen atoms in total. The molecule has 0 aliphatic heterocycles. The Morgan fingerprint density at radius 3 is 2.56 bits per heavy atom. The van der Waals surface area contributed by atoms with Gasteiger partial charge in [0.05, 0.1) is 4.90 Å². The third kappa shape index (κ3) is 3.48. The lowest BCUT2D eigenvalue weighted by atomic mass is 10.2. The number of benzene rings is 1. The number of halogens is 1. The molecule has 0 aliphatic carbocycles. The van der Waals surface area contributed by atoms with Crippen LogP contribution in [0.25, 0.3) is 0 Å². The first kappa shape index (κ1) is 12.9. The summed E-state index contributed by atoms with van der Waals surface area (Å²) in [6.45, 7) is 1.98. The van der Waals surface area contributed by atoms with Crippen molar-refractivity contribution in [3.8, 4) is 0 Å². The van der Waals surface area contributed by atoms with Crippen LogP contribution in [0.15, 0.2) is 51.9 Å². The van der Waals surface area contributed by atoms with Gasteiger partial charge in [-0.1, -0.05) is 29.3 Å². The van der Waals surface area contributed by atoms with Crippen LogP contribution in [0.5, 0.6) is 0 Å². The van der Waals surface area contributed by atoms with Crippen LogP contribution in [0, 0.1) is 6.92 Å². The monoisotopic (exact) mass is 278 g/mol. The highest BCUT2D eigenvalue weighted by Gasteiger charge is 2.00. The van der Waals surface area contributed by atoms with Crippen molar-refractivity contribution >= 4 is 28.8 Å². The zero-order valence-electron chi connectivity index (χ0n) is 9.71. The number of hydrogen-bond acceptors (Lipinski definition) is 2. The van der Waals surface area contributed by atoms with E-state index in [1.165, 1.54) is 6.21 Å². The third-order valence-electron chi connectivity index (χ3n) is 2.27. The van der Waals surface area contributed by atoms with Crippen LogP contribution in [0.1, 0.15) is 11.1 Å². The summed E-state index contributed by atoms with van der Waals surface area (Å²) >= 11 is 5.67. The van der Waals surface area contributed by atoms with Crippen molar-refractivity contribution in [1.29, 1.82) is 0 Å². The minimum atomic E-state index is -1.39. The van der Waals surface area contributed by atoms with Crippen molar-refractivity contribution in [2.24, 2.45) is 4.40 Å². The Morgan fingerprint density at radius 2 is 1.94 bits per heavy atom. The van der Waals surface area contributed by atoms with Crippen LogP contribution in [0.2, 0.25) is 5.15 Å². The number of pyridine rings is 1. The molecule has 0 N–H and O–H groups in total. The number of rotatable bonds is 3. The van der Waals surface area contributed by atoms with E-state index >= 15 is 0 Å². The lowest BCUT2D eigenvalue weighted by molar-refractivity contribution is 0.684. The van der Waals surface area contributed by atoms with Crippen molar-refractivity contribution in [2.75, 3.05) is 0 Å². The average molecular weight is 279 g/mol. The molecule has 0 radical (unpaired) electrons. The van der Waals surface area contributed by atoms with Crippen molar-refractivity contribution < 1.29 is 4.21 Å². The van der Waals surface area contributed by atoms with Gasteiger partial charge in [0.1, 0.15) is 5.15 Å². The van der Waals surface area contributed by atoms with E-state index in [1.54, 1.807) is 18.3 Å². The lowest BCUT2D eigenvalue weighted by Gasteiger charge is -1.97. The molecule has 0 aliphatic rings. The molecule has 0 saturated heterocycles. The smallest absolute Gasteiger partial charge is 0.172 e. The lowest BCUT2D eigenvalue weighted by Crippen LogP contribution is -1.90. The molecule has 2 rings (SSSR count). The second-order valence-electron chi connectivity index (χ2n) is 3.71. The fourth-order valence-electron chi connectivity index (χ4n) is 1.29. The highest BCUT2D eigenvalue weighted by molar-refractivity contribution is 7.83. The highest BCUT2D eigenvalue weighted by atomic mass is 35.5. The van der Waals surface area contributed by atoms with Crippen molar-refractivity contribution in [3.05, 3.63) is 58.9 Å². The van der Waals surface area contributed by atoms with E-state index < -0.39 is 11.0 Å². The minimum absolute atomic E-state index is 0.423. The Bertz CT molecular complexity index is 579. The van der Waals surface area contributed by atoms with Gasteiger partial charge in [-0.05, 0) is 31.2 Å². The van der Waals surface area contributed by atoms with E-state index in [9.17, 15) is 4.21 Å². The summed E-state index contributed by atoms with van der Waals surface area (Å²) in [4.78, 5) is 4.60. The Morgan fingerprint density at radius 1 is 1.22 bits per heavy atom. The van der Waals surface area contributed by atoms with E-state index in [-0.39, 0.29) is 0 Å². The predicted octanol–water partition coefficient (Wildman–Crippen LogP) is 3.19. The average Bonchev–Trinajstić information content (AvgIpc) is 2.38. The maximum absolute atomic E-state index is 11.9. The number of hydrogen-bond donors (Lipinski definition) is 0. The first-order chi connectivity index (χ1) is 8.65. The number of aromatic nitrogens is 1. The van der Waals surface area contributed by atoms with Gasteiger partial charge < -0.3 is 0 Å². The summed E-state index contributed by atoms with van der Waals surface area (Å²) < 4.78 is 15.9. The molecule has 1 heterocycles. The van der Waals surface area contributed by atoms with Gasteiger partial charge >= 0.3 is 0 Å². The van der Waals surface area contributed by atoms with E-state index in [0.717, 1.165) is 11.1 Å². The number of nitrogens with zero attached hydrogens (tertiary/aromatic N) is 2. The minimum Gasteiger partial charge on any atom is -0.244 e. The summed E-state index contributed by atoms with van der Waals surface area (Å²) in [6, 6.07) is 10.9. The molecule has 5 heteroatoms. The molecule has 18 heavy (non-hydrogen) atoms. The maximum Gasteiger partial charge on any atom is 0.172 e. The fourth-order valence-corrected chi connectivity index (χ4v) is 2.11. The molecule has 0 amide bonds. The van der Waals surface area contributed by atoms with Crippen LogP contribution in [-0.4, -0.2) is 15.4 Å². The molecule has 0 spiro atoms. The van der Waals surface area contributed by atoms with E-state index in [1.807, 2.05) is 31.2 Å². The van der Waals surface area contributed by atoms with Gasteiger partial charge in [0, 0.05) is 18.0 Å².